The maximum Gasteiger partial charge on any atom is 0.270 e. The van der Waals surface area contributed by atoms with Crippen molar-refractivity contribution in [2.75, 3.05) is 13.1 Å². The molecule has 1 aliphatic heterocycles. The van der Waals surface area contributed by atoms with Crippen LogP contribution in [0.5, 0.6) is 0 Å². The number of nitrogens with one attached hydrogen (secondary N) is 1. The third-order valence-corrected chi connectivity index (χ3v) is 4.82. The van der Waals surface area contributed by atoms with Crippen molar-refractivity contribution >= 4 is 11.8 Å². The number of aromatic nitrogens is 1. The quantitative estimate of drug-likeness (QED) is 0.933. The molecule has 1 aromatic heterocycles. The van der Waals surface area contributed by atoms with E-state index in [1.165, 1.54) is 25.7 Å². The molecule has 1 N–H and O–H groups in total. The molecule has 2 fully saturated rings. The molecule has 1 saturated heterocycles. The van der Waals surface area contributed by atoms with Crippen LogP contribution in [-0.2, 0) is 0 Å². The van der Waals surface area contributed by atoms with Gasteiger partial charge in [0, 0.05) is 30.9 Å². The van der Waals surface area contributed by atoms with Crippen LogP contribution >= 0.6 is 0 Å². The number of amides is 2. The summed E-state index contributed by atoms with van der Waals surface area (Å²) in [6, 6.07) is 3.59. The average Bonchev–Trinajstić information content (AvgIpc) is 2.63. The van der Waals surface area contributed by atoms with Crippen molar-refractivity contribution in [1.29, 1.82) is 0 Å². The van der Waals surface area contributed by atoms with Crippen molar-refractivity contribution in [3.8, 4) is 0 Å². The van der Waals surface area contributed by atoms with E-state index in [2.05, 4.69) is 10.3 Å². The van der Waals surface area contributed by atoms with Gasteiger partial charge in [0.1, 0.15) is 5.69 Å². The predicted molar refractivity (Wildman–Crippen MR) is 88.3 cm³/mol. The summed E-state index contributed by atoms with van der Waals surface area (Å²) in [6.07, 6.45) is 10.6. The Hall–Kier alpha value is -1.91. The summed E-state index contributed by atoms with van der Waals surface area (Å²) in [5.41, 5.74) is 0.911. The first kappa shape index (κ1) is 16.0. The summed E-state index contributed by atoms with van der Waals surface area (Å²) in [5.74, 6) is -0.149. The number of carbonyl (C=O) groups is 2. The number of pyridine rings is 1. The van der Waals surface area contributed by atoms with Gasteiger partial charge in [-0.15, -0.1) is 0 Å². The van der Waals surface area contributed by atoms with Gasteiger partial charge in [-0.05, 0) is 44.2 Å². The lowest BCUT2D eigenvalue weighted by Gasteiger charge is -2.26. The minimum absolute atomic E-state index is 0.0128. The molecule has 124 valence electrons. The number of hydrogen-bond acceptors (Lipinski definition) is 3. The van der Waals surface area contributed by atoms with Gasteiger partial charge in [0.05, 0.1) is 0 Å². The van der Waals surface area contributed by atoms with Crippen LogP contribution < -0.4 is 5.32 Å². The zero-order chi connectivity index (χ0) is 16.1. The van der Waals surface area contributed by atoms with Crippen LogP contribution in [0.4, 0.5) is 0 Å². The van der Waals surface area contributed by atoms with E-state index in [0.29, 0.717) is 11.3 Å². The number of piperidine rings is 1. The lowest BCUT2D eigenvalue weighted by atomic mass is 9.95. The van der Waals surface area contributed by atoms with Gasteiger partial charge < -0.3 is 10.2 Å². The molecule has 5 heteroatoms. The molecule has 5 nitrogen and oxygen atoms in total. The lowest BCUT2D eigenvalue weighted by molar-refractivity contribution is 0.0724. The first-order valence-corrected chi connectivity index (χ1v) is 8.80. The second-order valence-corrected chi connectivity index (χ2v) is 6.59. The van der Waals surface area contributed by atoms with Crippen LogP contribution in [0.25, 0.3) is 0 Å². The van der Waals surface area contributed by atoms with Gasteiger partial charge in [-0.1, -0.05) is 19.3 Å². The van der Waals surface area contributed by atoms with Gasteiger partial charge >= 0.3 is 0 Å². The summed E-state index contributed by atoms with van der Waals surface area (Å²) in [4.78, 5) is 30.9. The smallest absolute Gasteiger partial charge is 0.270 e. The number of nitrogens with zero attached hydrogens (tertiary/aromatic N) is 2. The van der Waals surface area contributed by atoms with Crippen LogP contribution in [0, 0.1) is 0 Å². The summed E-state index contributed by atoms with van der Waals surface area (Å²) < 4.78 is 0. The minimum atomic E-state index is -0.162. The molecule has 0 radical (unpaired) electrons. The zero-order valence-corrected chi connectivity index (χ0v) is 13.6. The van der Waals surface area contributed by atoms with Crippen LogP contribution in [0.15, 0.2) is 18.3 Å². The van der Waals surface area contributed by atoms with Gasteiger partial charge in [0.25, 0.3) is 11.8 Å². The molecule has 2 heterocycles. The largest absolute Gasteiger partial charge is 0.348 e. The normalized spacial score (nSPS) is 19.4. The van der Waals surface area contributed by atoms with E-state index in [1.807, 2.05) is 4.90 Å². The Morgan fingerprint density at radius 2 is 1.74 bits per heavy atom. The van der Waals surface area contributed by atoms with E-state index in [-0.39, 0.29) is 17.9 Å². The Labute approximate surface area is 137 Å². The minimum Gasteiger partial charge on any atom is -0.348 e. The summed E-state index contributed by atoms with van der Waals surface area (Å²) >= 11 is 0. The second-order valence-electron chi connectivity index (χ2n) is 6.59. The Bertz CT molecular complexity index is 561. The molecule has 1 saturated carbocycles. The van der Waals surface area contributed by atoms with E-state index in [1.54, 1.807) is 18.3 Å². The van der Waals surface area contributed by atoms with Crippen LogP contribution in [0.3, 0.4) is 0 Å². The van der Waals surface area contributed by atoms with Crippen molar-refractivity contribution < 1.29 is 9.59 Å². The molecule has 0 bridgehead atoms. The first-order valence-electron chi connectivity index (χ1n) is 8.80. The standard InChI is InChI=1S/C18H25N3O2/c22-17(20-15-7-3-1-4-8-15)16-13-14(9-10-19-16)18(23)21-11-5-2-6-12-21/h9-10,13,15H,1-8,11-12H2,(H,20,22). The highest BCUT2D eigenvalue weighted by atomic mass is 16.2. The molecule has 0 unspecified atom stereocenters. The molecular weight excluding hydrogens is 290 g/mol. The van der Waals surface area contributed by atoms with Crippen LogP contribution in [-0.4, -0.2) is 40.8 Å². The maximum atomic E-state index is 12.5. The third-order valence-electron chi connectivity index (χ3n) is 4.82. The monoisotopic (exact) mass is 315 g/mol. The fourth-order valence-electron chi connectivity index (χ4n) is 3.47. The molecule has 1 aromatic rings. The highest BCUT2D eigenvalue weighted by molar-refractivity contribution is 5.98. The van der Waals surface area contributed by atoms with E-state index in [9.17, 15) is 9.59 Å². The Balaban J connectivity index is 1.66. The SMILES string of the molecule is O=C(NC1CCCCC1)c1cc(C(=O)N2CCCCC2)ccn1. The summed E-state index contributed by atoms with van der Waals surface area (Å²) in [7, 11) is 0. The molecule has 2 amide bonds. The van der Waals surface area contributed by atoms with Gasteiger partial charge in [0.2, 0.25) is 0 Å². The Morgan fingerprint density at radius 1 is 1.04 bits per heavy atom. The first-order chi connectivity index (χ1) is 11.2. The third kappa shape index (κ3) is 4.09. The number of rotatable bonds is 3. The number of carbonyl (C=O) groups excluding carboxylic acids is 2. The summed E-state index contributed by atoms with van der Waals surface area (Å²) in [5, 5.41) is 3.05. The van der Waals surface area contributed by atoms with Crippen molar-refractivity contribution in [3.63, 3.8) is 0 Å². The molecule has 23 heavy (non-hydrogen) atoms. The van der Waals surface area contributed by atoms with E-state index in [0.717, 1.165) is 38.8 Å². The lowest BCUT2D eigenvalue weighted by Crippen LogP contribution is -2.37. The zero-order valence-electron chi connectivity index (χ0n) is 13.6. The fraction of sp³-hybridized carbons (Fsp3) is 0.611. The van der Waals surface area contributed by atoms with Gasteiger partial charge in [0.15, 0.2) is 0 Å². The fourth-order valence-corrected chi connectivity index (χ4v) is 3.47. The van der Waals surface area contributed by atoms with E-state index >= 15 is 0 Å². The molecule has 0 aromatic carbocycles. The van der Waals surface area contributed by atoms with E-state index < -0.39 is 0 Å². The van der Waals surface area contributed by atoms with Crippen LogP contribution in [0.2, 0.25) is 0 Å². The number of likely N-dealkylation sites (tertiary alicyclic amines) is 1. The molecule has 3 rings (SSSR count). The topological polar surface area (TPSA) is 62.3 Å². The number of hydrogen-bond donors (Lipinski definition) is 1. The highest BCUT2D eigenvalue weighted by Crippen LogP contribution is 2.18. The van der Waals surface area contributed by atoms with Gasteiger partial charge in [-0.25, -0.2) is 0 Å². The second kappa shape index (κ2) is 7.57. The molecule has 0 spiro atoms. The molecule has 2 aliphatic rings. The molecule has 1 aliphatic carbocycles. The van der Waals surface area contributed by atoms with Gasteiger partial charge in [-0.3, -0.25) is 14.6 Å². The van der Waals surface area contributed by atoms with Gasteiger partial charge in [-0.2, -0.15) is 0 Å². The average molecular weight is 315 g/mol. The summed E-state index contributed by atoms with van der Waals surface area (Å²) in [6.45, 7) is 1.62. The maximum absolute atomic E-state index is 12.5. The predicted octanol–water partition coefficient (Wildman–Crippen LogP) is 2.77. The van der Waals surface area contributed by atoms with Crippen LogP contribution in [0.1, 0.15) is 72.2 Å². The van der Waals surface area contributed by atoms with E-state index in [4.69, 9.17) is 0 Å². The molecular formula is C18H25N3O2. The van der Waals surface area contributed by atoms with Crippen molar-refractivity contribution in [2.24, 2.45) is 0 Å². The Morgan fingerprint density at radius 3 is 2.48 bits per heavy atom. The van der Waals surface area contributed by atoms with Crippen molar-refractivity contribution in [2.45, 2.75) is 57.4 Å². The van der Waals surface area contributed by atoms with Crippen molar-refractivity contribution in [3.05, 3.63) is 29.6 Å². The highest BCUT2D eigenvalue weighted by Gasteiger charge is 2.21. The van der Waals surface area contributed by atoms with Crippen molar-refractivity contribution in [1.82, 2.24) is 15.2 Å². The molecule has 0 atom stereocenters. The Kier molecular flexibility index (Phi) is 5.26.